The molecule has 0 amide bonds. The van der Waals surface area contributed by atoms with Gasteiger partial charge in [0.05, 0.1) is 28.4 Å². The van der Waals surface area contributed by atoms with E-state index < -0.39 is 0 Å². The number of ether oxygens (including phenoxy) is 4. The van der Waals surface area contributed by atoms with E-state index in [9.17, 15) is 19.2 Å². The molecule has 582 valence electrons. The number of carbonyl (C=O) groups is 4. The molecule has 0 saturated carbocycles. The van der Waals surface area contributed by atoms with Crippen molar-refractivity contribution in [1.29, 1.82) is 0 Å². The second-order valence-electron chi connectivity index (χ2n) is 29.7. The Balaban J connectivity index is 0.000000112. The van der Waals surface area contributed by atoms with Crippen LogP contribution in [0.5, 0.6) is 0 Å². The highest BCUT2D eigenvalue weighted by Crippen LogP contribution is 2.51. The molecule has 20 aromatic rings. The fourth-order valence-corrected chi connectivity index (χ4v) is 23.4. The lowest BCUT2D eigenvalue weighted by atomic mass is 9.87. The maximum atomic E-state index is 11.6. The van der Waals surface area contributed by atoms with Crippen LogP contribution < -0.4 is 0 Å². The summed E-state index contributed by atoms with van der Waals surface area (Å²) >= 11 is 33.7. The van der Waals surface area contributed by atoms with Crippen LogP contribution in [0.15, 0.2) is 253 Å². The van der Waals surface area contributed by atoms with Crippen LogP contribution in [0.25, 0.3) is 172 Å². The third-order valence-electron chi connectivity index (χ3n) is 23.3. The standard InChI is InChI=1S/3C25H17Br3O2.C25H20O2/c1-30-21(29)4-2-3-13-5-6-14-16-8-11-19(27)25-20(28)12-9-17(24(16)25)15-7-10-18(26)22(13)23(14)15;1-30-22(29)4-2-3-13-5-6-17-18-11-14(26)12-19-20(27)9-7-15(24(18)19)16-8-10-21(28)23(13)25(16)17;1-30-22(29)4-2-3-13-5-6-15-16-7-9-20(27)25-21(28)10-8-17(24(16)25)19-12-14(26)11-18(13)23(15)19;1-27-23(26)13-4-6-16-14-15-22-20-11-3-8-17-7-2-10-19(24(17)20)21-12-5-9-18(16)25(21)22/h3*5-12H,2-4H2,1H3;2-3,5,7-12,14-15H,4,6,13H2,1H3. The first kappa shape index (κ1) is 81.2. The molecule has 0 heterocycles. The molecule has 0 aromatic heterocycles. The second kappa shape index (κ2) is 34.1. The van der Waals surface area contributed by atoms with Crippen molar-refractivity contribution < 1.29 is 38.1 Å². The van der Waals surface area contributed by atoms with Gasteiger partial charge in [-0.15, -0.1) is 0 Å². The smallest absolute Gasteiger partial charge is 0.305 e. The quantitative estimate of drug-likeness (QED) is 0.0408. The van der Waals surface area contributed by atoms with Gasteiger partial charge in [-0.3, -0.25) is 19.2 Å². The summed E-state index contributed by atoms with van der Waals surface area (Å²) in [6.07, 6.45) is 8.24. The van der Waals surface area contributed by atoms with Crippen LogP contribution in [0.1, 0.15) is 73.6 Å². The average Bonchev–Trinajstić information content (AvgIpc) is 0.726. The number of methoxy groups -OCH3 is 4. The number of carbonyl (C=O) groups excluding carboxylic acids is 4. The van der Waals surface area contributed by atoms with Crippen molar-refractivity contribution >= 4 is 340 Å². The molecule has 0 spiro atoms. The Labute approximate surface area is 750 Å². The Morgan fingerprint density at radius 1 is 0.214 bits per heavy atom. The van der Waals surface area contributed by atoms with Crippen LogP contribution in [-0.2, 0) is 63.8 Å². The lowest BCUT2D eigenvalue weighted by Gasteiger charge is -2.18. The highest BCUT2D eigenvalue weighted by atomic mass is 79.9. The molecule has 0 unspecified atom stereocenters. The van der Waals surface area contributed by atoms with Crippen molar-refractivity contribution in [2.45, 2.75) is 77.0 Å². The monoisotopic (exact) mass is 2110 g/mol. The predicted molar refractivity (Wildman–Crippen MR) is 520 cm³/mol. The molecule has 20 rings (SSSR count). The molecule has 0 radical (unpaired) electrons. The molecule has 117 heavy (non-hydrogen) atoms. The highest BCUT2D eigenvalue weighted by Gasteiger charge is 2.24. The van der Waals surface area contributed by atoms with Crippen LogP contribution in [0.4, 0.5) is 0 Å². The minimum Gasteiger partial charge on any atom is -0.469 e. The highest BCUT2D eigenvalue weighted by molar-refractivity contribution is 9.12. The third kappa shape index (κ3) is 14.9. The molecule has 0 saturated heterocycles. The molecule has 0 atom stereocenters. The van der Waals surface area contributed by atoms with Crippen molar-refractivity contribution in [3.05, 3.63) is 275 Å². The van der Waals surface area contributed by atoms with E-state index in [1.165, 1.54) is 223 Å². The molecule has 0 fully saturated rings. The van der Waals surface area contributed by atoms with Gasteiger partial charge < -0.3 is 18.9 Å². The lowest BCUT2D eigenvalue weighted by Crippen LogP contribution is -2.01. The topological polar surface area (TPSA) is 105 Å². The van der Waals surface area contributed by atoms with Crippen LogP contribution >= 0.6 is 143 Å². The Bertz CT molecular complexity index is 7310. The zero-order valence-corrected chi connectivity index (χ0v) is 78.1. The largest absolute Gasteiger partial charge is 0.469 e. The molecule has 0 aliphatic carbocycles. The maximum absolute atomic E-state index is 11.6. The van der Waals surface area contributed by atoms with Gasteiger partial charge in [-0.2, -0.15) is 0 Å². The maximum Gasteiger partial charge on any atom is 0.305 e. The van der Waals surface area contributed by atoms with Crippen LogP contribution in [0, 0.1) is 0 Å². The number of rotatable bonds is 16. The number of hydrogen-bond donors (Lipinski definition) is 0. The van der Waals surface area contributed by atoms with Gasteiger partial charge in [0.25, 0.3) is 0 Å². The van der Waals surface area contributed by atoms with Crippen LogP contribution in [0.2, 0.25) is 0 Å². The van der Waals surface area contributed by atoms with Gasteiger partial charge in [0, 0.05) is 87.5 Å². The Hall–Kier alpha value is -8.20. The normalized spacial score (nSPS) is 11.8. The first-order valence-corrected chi connectivity index (χ1v) is 45.7. The summed E-state index contributed by atoms with van der Waals surface area (Å²) in [5.74, 6) is -0.615. The van der Waals surface area contributed by atoms with Crippen molar-refractivity contribution in [2.75, 3.05) is 28.4 Å². The fourth-order valence-electron chi connectivity index (χ4n) is 18.1. The van der Waals surface area contributed by atoms with Crippen molar-refractivity contribution in [2.24, 2.45) is 0 Å². The molecule has 17 heteroatoms. The first-order valence-electron chi connectivity index (χ1n) is 38.6. The molecule has 0 aliphatic heterocycles. The van der Waals surface area contributed by atoms with E-state index >= 15 is 0 Å². The number of hydrogen-bond acceptors (Lipinski definition) is 8. The number of halogens is 9. The van der Waals surface area contributed by atoms with Gasteiger partial charge in [-0.25, -0.2) is 0 Å². The molecular weight excluding hydrogens is 2050 g/mol. The second-order valence-corrected chi connectivity index (χ2v) is 37.5. The minimum atomic E-state index is -0.159. The summed E-state index contributed by atoms with van der Waals surface area (Å²) in [4.78, 5) is 46.1. The first-order chi connectivity index (χ1) is 56.8. The van der Waals surface area contributed by atoms with Gasteiger partial charge >= 0.3 is 23.9 Å². The number of aryl methyl sites for hydroxylation is 4. The van der Waals surface area contributed by atoms with E-state index in [2.05, 4.69) is 356 Å². The van der Waals surface area contributed by atoms with Crippen molar-refractivity contribution in [3.63, 3.8) is 0 Å². The van der Waals surface area contributed by atoms with E-state index in [-0.39, 0.29) is 23.9 Å². The van der Waals surface area contributed by atoms with Gasteiger partial charge in [-0.05, 0) is 291 Å². The number of esters is 4. The summed E-state index contributed by atoms with van der Waals surface area (Å²) in [6, 6.07) is 76.7. The van der Waals surface area contributed by atoms with E-state index in [1.807, 2.05) is 0 Å². The molecular formula is C100H71Br9O8. The van der Waals surface area contributed by atoms with Crippen LogP contribution in [-0.4, -0.2) is 52.3 Å². The SMILES string of the molecule is COC(=O)CCCc1ccc2c3cc(Br)cc4c(Br)ccc(c5ccc(Br)c1c52)c43.COC(=O)CCCc1ccc2c3ccc(Br)c4c(Br)ccc(c5cc(Br)cc1c25)c43.COC(=O)CCCc1ccc2c3ccc(Br)c4c(Br)ccc(c5ccc(Br)c1c52)c43.COC(=O)CCCc1ccc2c3cccc4cccc(c5cccc1c52)c43. The van der Waals surface area contributed by atoms with Crippen molar-refractivity contribution in [3.8, 4) is 0 Å². The van der Waals surface area contributed by atoms with E-state index in [0.717, 1.165) is 91.6 Å². The average molecular weight is 2120 g/mol. The van der Waals surface area contributed by atoms with Crippen molar-refractivity contribution in [1.82, 2.24) is 0 Å². The molecule has 0 N–H and O–H groups in total. The molecule has 8 nitrogen and oxygen atoms in total. The summed E-state index contributed by atoms with van der Waals surface area (Å²) < 4.78 is 28.9. The Morgan fingerprint density at radius 2 is 0.453 bits per heavy atom. The summed E-state index contributed by atoms with van der Waals surface area (Å²) in [5.41, 5.74) is 5.05. The lowest BCUT2D eigenvalue weighted by molar-refractivity contribution is -0.141. The van der Waals surface area contributed by atoms with E-state index in [0.29, 0.717) is 25.7 Å². The minimum absolute atomic E-state index is 0.140. The van der Waals surface area contributed by atoms with E-state index in [4.69, 9.17) is 18.9 Å². The molecule has 0 aliphatic rings. The third-order valence-corrected chi connectivity index (χ3v) is 28.9. The Kier molecular flexibility index (Phi) is 23.7. The van der Waals surface area contributed by atoms with Gasteiger partial charge in [-0.1, -0.05) is 289 Å². The van der Waals surface area contributed by atoms with Gasteiger partial charge in [0.2, 0.25) is 0 Å². The predicted octanol–water partition coefficient (Wildman–Crippen LogP) is 31.8. The molecule has 0 bridgehead atoms. The molecule has 20 aromatic carbocycles. The Morgan fingerprint density at radius 3 is 0.829 bits per heavy atom. The summed E-state index contributed by atoms with van der Waals surface area (Å²) in [6.45, 7) is 0. The van der Waals surface area contributed by atoms with E-state index in [1.54, 1.807) is 0 Å². The van der Waals surface area contributed by atoms with Gasteiger partial charge in [0.15, 0.2) is 0 Å². The van der Waals surface area contributed by atoms with Gasteiger partial charge in [0.1, 0.15) is 0 Å². The fraction of sp³-hybridized carbons (Fsp3) is 0.160. The summed E-state index contributed by atoms with van der Waals surface area (Å²) in [7, 11) is 5.77. The summed E-state index contributed by atoms with van der Waals surface area (Å²) in [5, 5.41) is 40.5. The number of benzene rings is 20. The number of fused-ring (bicyclic) bond motifs is 8. The zero-order chi connectivity index (χ0) is 81.4. The zero-order valence-electron chi connectivity index (χ0n) is 63.9. The van der Waals surface area contributed by atoms with Crippen LogP contribution in [0.3, 0.4) is 0 Å².